The average molecular weight is 819 g/mol. The number of benzene rings is 2. The van der Waals surface area contributed by atoms with E-state index in [1.165, 1.54) is 16.4 Å². The van der Waals surface area contributed by atoms with Crippen molar-refractivity contribution in [3.8, 4) is 0 Å². The van der Waals surface area contributed by atoms with Gasteiger partial charge in [-0.3, -0.25) is 0 Å². The highest BCUT2D eigenvalue weighted by Crippen LogP contribution is 2.37. The normalized spacial score (nSPS) is 16.8. The maximum atomic E-state index is 14.6. The first kappa shape index (κ1) is 45.5. The summed E-state index contributed by atoms with van der Waals surface area (Å²) >= 11 is 6.39. The van der Waals surface area contributed by atoms with Crippen LogP contribution in [0.4, 0.5) is 25.4 Å². The molecule has 54 heavy (non-hydrogen) atoms. The third-order valence-electron chi connectivity index (χ3n) is 9.41. The van der Waals surface area contributed by atoms with Crippen LogP contribution in [-0.2, 0) is 20.4 Å². The molecule has 2 aliphatic rings. The van der Waals surface area contributed by atoms with Crippen LogP contribution in [0.1, 0.15) is 127 Å². The lowest BCUT2D eigenvalue weighted by Crippen LogP contribution is -2.54. The Balaban J connectivity index is 0.000000609. The highest BCUT2D eigenvalue weighted by atomic mass is 35.5. The zero-order valence-electron chi connectivity index (χ0n) is 32.3. The molecule has 0 aliphatic carbocycles. The number of hydrogen-bond acceptors (Lipinski definition) is 8. The standard InChI is InChI=1S/C31H44ClFN4O5S.C5H12N2O3S/c1-17(2)24-13-21(32)14-25(18(3)4)28(24)34-30(39)37(43(41,42)36-11-9-23(38)10-12-36)31(40)35-29-26(19(5)6)15-22(33)16-27(29)20(7)8;6-11(9,10)7-3-1-5(8)2-4-7/h13-20,23,38H,9-12H2,1-8H3,(H,34,39)(H,35,40);5,8H,1-4H2,(H2,6,9,10). The largest absolute Gasteiger partial charge is 0.393 e. The minimum Gasteiger partial charge on any atom is -0.393 e. The lowest BCUT2D eigenvalue weighted by molar-refractivity contribution is 0.111. The molecule has 2 saturated heterocycles. The van der Waals surface area contributed by atoms with Gasteiger partial charge in [0.2, 0.25) is 0 Å². The molecule has 304 valence electrons. The van der Waals surface area contributed by atoms with Gasteiger partial charge in [0, 0.05) is 42.6 Å². The van der Waals surface area contributed by atoms with Gasteiger partial charge in [-0.15, -0.1) is 4.31 Å². The van der Waals surface area contributed by atoms with Crippen molar-refractivity contribution in [2.24, 2.45) is 5.14 Å². The second-order valence-corrected chi connectivity index (χ2v) is 18.7. The van der Waals surface area contributed by atoms with E-state index < -0.39 is 44.4 Å². The van der Waals surface area contributed by atoms with Crippen LogP contribution < -0.4 is 15.8 Å². The zero-order valence-corrected chi connectivity index (χ0v) is 34.7. The van der Waals surface area contributed by atoms with E-state index in [2.05, 4.69) is 10.6 Å². The van der Waals surface area contributed by atoms with Crippen LogP contribution in [-0.4, -0.2) is 90.4 Å². The number of nitrogens with two attached hydrogens (primary N) is 1. The lowest BCUT2D eigenvalue weighted by atomic mass is 9.92. The number of imide groups is 1. The Morgan fingerprint density at radius 2 is 1.02 bits per heavy atom. The summed E-state index contributed by atoms with van der Waals surface area (Å²) in [4.78, 5) is 28.0. The molecule has 4 amide bonds. The molecule has 2 heterocycles. The predicted octanol–water partition coefficient (Wildman–Crippen LogP) is 6.39. The second kappa shape index (κ2) is 18.8. The monoisotopic (exact) mass is 818 g/mol. The topological polar surface area (TPSA) is 203 Å². The summed E-state index contributed by atoms with van der Waals surface area (Å²) in [5, 5.41) is 29.7. The van der Waals surface area contributed by atoms with E-state index >= 15 is 0 Å². The number of nitrogens with zero attached hydrogens (tertiary/aromatic N) is 3. The predicted molar refractivity (Wildman–Crippen MR) is 210 cm³/mol. The number of hydrogen-bond donors (Lipinski definition) is 5. The van der Waals surface area contributed by atoms with Crippen molar-refractivity contribution in [1.82, 2.24) is 12.9 Å². The van der Waals surface area contributed by atoms with E-state index in [9.17, 15) is 35.9 Å². The molecule has 2 aromatic carbocycles. The highest BCUT2D eigenvalue weighted by molar-refractivity contribution is 7.88. The fourth-order valence-corrected chi connectivity index (χ4v) is 8.68. The van der Waals surface area contributed by atoms with E-state index in [0.717, 1.165) is 4.31 Å². The Morgan fingerprint density at radius 3 is 1.33 bits per heavy atom. The molecule has 0 aromatic heterocycles. The number of anilines is 2. The van der Waals surface area contributed by atoms with Crippen molar-refractivity contribution < 1.29 is 41.0 Å². The van der Waals surface area contributed by atoms with E-state index in [0.29, 0.717) is 58.9 Å². The Hall–Kier alpha value is -2.90. The van der Waals surface area contributed by atoms with Gasteiger partial charge in [0.15, 0.2) is 0 Å². The summed E-state index contributed by atoms with van der Waals surface area (Å²) in [6.07, 6.45) is 0.242. The summed E-state index contributed by atoms with van der Waals surface area (Å²) in [6.45, 7) is 15.5. The summed E-state index contributed by atoms with van der Waals surface area (Å²) in [6, 6.07) is 3.64. The van der Waals surface area contributed by atoms with E-state index in [1.54, 1.807) is 12.1 Å². The molecular weight excluding hydrogens is 763 g/mol. The number of amides is 4. The number of aliphatic hydroxyl groups excluding tert-OH is 2. The Morgan fingerprint density at radius 1 is 0.704 bits per heavy atom. The van der Waals surface area contributed by atoms with Gasteiger partial charge in [0.1, 0.15) is 5.82 Å². The van der Waals surface area contributed by atoms with E-state index in [4.69, 9.17) is 21.8 Å². The molecule has 0 saturated carbocycles. The van der Waals surface area contributed by atoms with Crippen molar-refractivity contribution in [2.45, 2.75) is 117 Å². The first-order chi connectivity index (χ1) is 24.9. The van der Waals surface area contributed by atoms with Crippen molar-refractivity contribution in [1.29, 1.82) is 0 Å². The maximum Gasteiger partial charge on any atom is 0.345 e. The third-order valence-corrected chi connectivity index (χ3v) is 12.5. The average Bonchev–Trinajstić information content (AvgIpc) is 3.05. The van der Waals surface area contributed by atoms with Gasteiger partial charge < -0.3 is 20.8 Å². The molecule has 14 nitrogen and oxygen atoms in total. The van der Waals surface area contributed by atoms with Crippen molar-refractivity contribution in [3.05, 3.63) is 57.4 Å². The van der Waals surface area contributed by atoms with Crippen molar-refractivity contribution in [3.63, 3.8) is 0 Å². The lowest BCUT2D eigenvalue weighted by Gasteiger charge is -2.33. The van der Waals surface area contributed by atoms with Crippen LogP contribution in [0.15, 0.2) is 24.3 Å². The molecule has 2 aromatic rings. The molecule has 0 atom stereocenters. The Labute approximate surface area is 324 Å². The van der Waals surface area contributed by atoms with Gasteiger partial charge in [-0.1, -0.05) is 67.0 Å². The van der Waals surface area contributed by atoms with Gasteiger partial charge >= 0.3 is 22.3 Å². The number of nitrogens with one attached hydrogen (secondary N) is 2. The second-order valence-electron chi connectivity index (χ2n) is 15.0. The highest BCUT2D eigenvalue weighted by Gasteiger charge is 2.41. The van der Waals surface area contributed by atoms with Crippen LogP contribution in [0.2, 0.25) is 5.02 Å². The van der Waals surface area contributed by atoms with Gasteiger partial charge in [-0.05, 0) is 95.9 Å². The van der Waals surface area contributed by atoms with Crippen LogP contribution in [0, 0.1) is 5.82 Å². The minimum absolute atomic E-state index is 0.0684. The summed E-state index contributed by atoms with van der Waals surface area (Å²) in [7, 11) is -8.23. The maximum absolute atomic E-state index is 14.6. The van der Waals surface area contributed by atoms with Crippen LogP contribution in [0.3, 0.4) is 0 Å². The first-order valence-corrected chi connectivity index (χ1v) is 21.5. The molecule has 0 spiro atoms. The molecule has 18 heteroatoms. The number of aliphatic hydroxyl groups is 2. The fraction of sp³-hybridized carbons (Fsp3) is 0.611. The molecule has 0 bridgehead atoms. The molecule has 2 aliphatic heterocycles. The Kier molecular flexibility index (Phi) is 15.9. The van der Waals surface area contributed by atoms with Gasteiger partial charge in [0.05, 0.1) is 12.2 Å². The number of rotatable bonds is 9. The molecule has 0 radical (unpaired) electrons. The molecule has 6 N–H and O–H groups in total. The zero-order chi connectivity index (χ0) is 40.9. The van der Waals surface area contributed by atoms with E-state index in [-0.39, 0.29) is 65.7 Å². The molecule has 4 rings (SSSR count). The number of piperidine rings is 2. The first-order valence-electron chi connectivity index (χ1n) is 18.2. The number of halogens is 2. The minimum atomic E-state index is -4.70. The number of carbonyl (C=O) groups excluding carboxylic acids is 2. The summed E-state index contributed by atoms with van der Waals surface area (Å²) < 4.78 is 66.4. The third kappa shape index (κ3) is 11.6. The molecular formula is C36H56ClFN6O8S2. The molecule has 0 unspecified atom stereocenters. The van der Waals surface area contributed by atoms with Gasteiger partial charge in [0.25, 0.3) is 10.2 Å². The number of urea groups is 2. The van der Waals surface area contributed by atoms with Crippen molar-refractivity contribution >= 4 is 55.5 Å². The number of carbonyl (C=O) groups is 2. The quantitative estimate of drug-likeness (QED) is 0.192. The van der Waals surface area contributed by atoms with Crippen LogP contribution >= 0.6 is 11.6 Å². The van der Waals surface area contributed by atoms with E-state index in [1.807, 2.05) is 55.4 Å². The fourth-order valence-electron chi connectivity index (χ4n) is 6.31. The smallest absolute Gasteiger partial charge is 0.345 e. The summed E-state index contributed by atoms with van der Waals surface area (Å²) in [5.41, 5.74) is 2.96. The van der Waals surface area contributed by atoms with Crippen molar-refractivity contribution in [2.75, 3.05) is 36.8 Å². The van der Waals surface area contributed by atoms with Crippen LogP contribution in [0.5, 0.6) is 0 Å². The van der Waals surface area contributed by atoms with Crippen LogP contribution in [0.25, 0.3) is 0 Å². The SMILES string of the molecule is CC(C)c1cc(F)cc(C(C)C)c1NC(=O)N(C(=O)Nc1c(C(C)C)cc(Cl)cc1C(C)C)S(=O)(=O)N1CCC(O)CC1.NS(=O)(=O)N1CCC(O)CC1. The van der Waals surface area contributed by atoms with Gasteiger partial charge in [-0.25, -0.2) is 19.1 Å². The van der Waals surface area contributed by atoms with Gasteiger partial charge in [-0.2, -0.15) is 25.4 Å². The Bertz CT molecular complexity index is 1720. The molecule has 2 fully saturated rings. The summed E-state index contributed by atoms with van der Waals surface area (Å²) in [5.74, 6) is -1.10.